The zero-order chi connectivity index (χ0) is 26.9. The molecule has 0 spiro atoms. The van der Waals surface area contributed by atoms with Crippen molar-refractivity contribution in [2.75, 3.05) is 0 Å². The maximum Gasteiger partial charge on any atom is -0.00994 e. The van der Waals surface area contributed by atoms with Gasteiger partial charge in [0.2, 0.25) is 0 Å². The molecule has 0 aromatic heterocycles. The smallest absolute Gasteiger partial charge is 0.00994 e. The molecule has 0 radical (unpaired) electrons. The summed E-state index contributed by atoms with van der Waals surface area (Å²) >= 11 is 0. The maximum atomic E-state index is 2.40. The van der Waals surface area contributed by atoms with E-state index in [9.17, 15) is 0 Å². The third kappa shape index (κ3) is 5.20. The Bertz CT molecular complexity index is 1140. The molecular formula is C36H50. The first-order valence-electron chi connectivity index (χ1n) is 14.3. The van der Waals surface area contributed by atoms with Gasteiger partial charge < -0.3 is 0 Å². The van der Waals surface area contributed by atoms with Crippen LogP contribution in [0.2, 0.25) is 0 Å². The van der Waals surface area contributed by atoms with Crippen molar-refractivity contribution >= 4 is 0 Å². The van der Waals surface area contributed by atoms with Gasteiger partial charge in [0, 0.05) is 0 Å². The van der Waals surface area contributed by atoms with Crippen LogP contribution in [-0.4, -0.2) is 0 Å². The van der Waals surface area contributed by atoms with E-state index in [-0.39, 0.29) is 0 Å². The Morgan fingerprint density at radius 3 is 1.06 bits per heavy atom. The van der Waals surface area contributed by atoms with Gasteiger partial charge in [-0.25, -0.2) is 0 Å². The molecule has 0 saturated heterocycles. The first kappa shape index (κ1) is 28.2. The summed E-state index contributed by atoms with van der Waals surface area (Å²) in [7, 11) is 0. The van der Waals surface area contributed by atoms with Crippen molar-refractivity contribution in [3.05, 3.63) is 81.9 Å². The van der Waals surface area contributed by atoms with Gasteiger partial charge in [-0.15, -0.1) is 0 Å². The van der Waals surface area contributed by atoms with Crippen molar-refractivity contribution < 1.29 is 0 Å². The van der Waals surface area contributed by atoms with Crippen LogP contribution in [0.4, 0.5) is 0 Å². The normalized spacial score (nSPS) is 12.3. The molecule has 194 valence electrons. The highest BCUT2D eigenvalue weighted by atomic mass is 14.4. The lowest BCUT2D eigenvalue weighted by Crippen LogP contribution is -2.17. The summed E-state index contributed by atoms with van der Waals surface area (Å²) in [5.41, 5.74) is 15.0. The second kappa shape index (κ2) is 11.4. The van der Waals surface area contributed by atoms with Gasteiger partial charge in [-0.1, -0.05) is 132 Å². The number of benzene rings is 3. The minimum Gasteiger partial charge on any atom is -0.0619 e. The molecule has 0 saturated carbocycles. The minimum absolute atomic E-state index is 0.446. The zero-order valence-electron chi connectivity index (χ0n) is 25.1. The molecule has 0 aliphatic heterocycles. The molecule has 0 unspecified atom stereocenters. The van der Waals surface area contributed by atoms with Crippen molar-refractivity contribution in [1.29, 1.82) is 0 Å². The van der Waals surface area contributed by atoms with Crippen molar-refractivity contribution in [2.24, 2.45) is 0 Å². The van der Waals surface area contributed by atoms with Gasteiger partial charge in [0.05, 0.1) is 0 Å². The SMILES string of the molecule is CC(C)c1ccccc1-c1ccccc1-c1c(C(C)C)c(C(C)C)c(C(C)C)c(C(C)C)c1C(C)C. The topological polar surface area (TPSA) is 0 Å². The van der Waals surface area contributed by atoms with E-state index in [1.165, 1.54) is 27.8 Å². The third-order valence-corrected chi connectivity index (χ3v) is 7.66. The van der Waals surface area contributed by atoms with Crippen LogP contribution in [-0.2, 0) is 0 Å². The van der Waals surface area contributed by atoms with Crippen molar-refractivity contribution in [3.63, 3.8) is 0 Å². The van der Waals surface area contributed by atoms with Gasteiger partial charge in [0.1, 0.15) is 0 Å². The Morgan fingerprint density at radius 1 is 0.333 bits per heavy atom. The molecule has 0 aliphatic carbocycles. The summed E-state index contributed by atoms with van der Waals surface area (Å²) in [6.07, 6.45) is 0. The monoisotopic (exact) mass is 482 g/mol. The van der Waals surface area contributed by atoms with Crippen LogP contribution in [0, 0.1) is 0 Å². The summed E-state index contributed by atoms with van der Waals surface area (Å²) in [6.45, 7) is 28.6. The van der Waals surface area contributed by atoms with Crippen LogP contribution in [0.1, 0.15) is 152 Å². The van der Waals surface area contributed by atoms with Crippen LogP contribution >= 0.6 is 0 Å². The fourth-order valence-corrected chi connectivity index (χ4v) is 6.39. The maximum absolute atomic E-state index is 2.40. The van der Waals surface area contributed by atoms with Crippen molar-refractivity contribution in [2.45, 2.75) is 119 Å². The molecule has 3 aromatic carbocycles. The van der Waals surface area contributed by atoms with E-state index >= 15 is 0 Å². The van der Waals surface area contributed by atoms with E-state index in [0.717, 1.165) is 0 Å². The van der Waals surface area contributed by atoms with Gasteiger partial charge in [0.25, 0.3) is 0 Å². The highest BCUT2D eigenvalue weighted by Crippen LogP contribution is 2.50. The average Bonchev–Trinajstić information content (AvgIpc) is 2.81. The third-order valence-electron chi connectivity index (χ3n) is 7.66. The second-order valence-corrected chi connectivity index (χ2v) is 12.5. The van der Waals surface area contributed by atoms with Crippen molar-refractivity contribution in [3.8, 4) is 22.3 Å². The predicted octanol–water partition coefficient (Wildman–Crippen LogP) is 11.8. The largest absolute Gasteiger partial charge is 0.0619 e. The molecule has 3 rings (SSSR count). The van der Waals surface area contributed by atoms with Crippen LogP contribution in [0.15, 0.2) is 48.5 Å². The first-order chi connectivity index (χ1) is 16.9. The molecule has 0 atom stereocenters. The second-order valence-electron chi connectivity index (χ2n) is 12.5. The lowest BCUT2D eigenvalue weighted by atomic mass is 9.69. The summed E-state index contributed by atoms with van der Waals surface area (Å²) in [4.78, 5) is 0. The average molecular weight is 483 g/mol. The lowest BCUT2D eigenvalue weighted by Gasteiger charge is -2.35. The highest BCUT2D eigenvalue weighted by molar-refractivity contribution is 5.90. The molecule has 0 N–H and O–H groups in total. The van der Waals surface area contributed by atoms with Crippen molar-refractivity contribution in [1.82, 2.24) is 0 Å². The van der Waals surface area contributed by atoms with E-state index in [1.54, 1.807) is 27.8 Å². The highest BCUT2D eigenvalue weighted by Gasteiger charge is 2.31. The summed E-state index contributed by atoms with van der Waals surface area (Å²) < 4.78 is 0. The van der Waals surface area contributed by atoms with Gasteiger partial charge in [-0.05, 0) is 91.1 Å². The standard InChI is InChI=1S/C36H50/c1-21(2)27-17-13-14-18-28(27)29-19-15-16-20-30(29)36-34(25(9)10)32(23(5)6)31(22(3)4)33(24(7)8)35(36)26(11)12/h13-26H,1-12H3. The molecule has 3 aromatic rings. The van der Waals surface area contributed by atoms with Gasteiger partial charge >= 0.3 is 0 Å². The van der Waals surface area contributed by atoms with Gasteiger partial charge in [-0.3, -0.25) is 0 Å². The van der Waals surface area contributed by atoms with E-state index in [2.05, 4.69) is 132 Å². The molecule has 0 fully saturated rings. The Labute approximate surface area is 222 Å². The molecule has 0 bridgehead atoms. The molecule has 0 heterocycles. The summed E-state index contributed by atoms with van der Waals surface area (Å²) in [6, 6.07) is 18.2. The Balaban J connectivity index is 2.65. The number of hydrogen-bond acceptors (Lipinski definition) is 0. The van der Waals surface area contributed by atoms with E-state index in [4.69, 9.17) is 0 Å². The first-order valence-corrected chi connectivity index (χ1v) is 14.3. The molecule has 0 nitrogen and oxygen atoms in total. The van der Waals surface area contributed by atoms with Crippen LogP contribution in [0.3, 0.4) is 0 Å². The molecule has 36 heavy (non-hydrogen) atoms. The van der Waals surface area contributed by atoms with E-state index in [0.29, 0.717) is 35.5 Å². The minimum atomic E-state index is 0.446. The molecule has 0 aliphatic rings. The van der Waals surface area contributed by atoms with E-state index < -0.39 is 0 Å². The summed E-state index contributed by atoms with van der Waals surface area (Å²) in [5, 5.41) is 0. The van der Waals surface area contributed by atoms with Crippen LogP contribution < -0.4 is 0 Å². The Morgan fingerprint density at radius 2 is 0.667 bits per heavy atom. The molecule has 0 heteroatoms. The molecule has 0 amide bonds. The lowest BCUT2D eigenvalue weighted by molar-refractivity contribution is 0.701. The summed E-state index contributed by atoms with van der Waals surface area (Å²) in [5.74, 6) is 2.83. The quantitative estimate of drug-likeness (QED) is 0.299. The number of rotatable bonds is 8. The Hall–Kier alpha value is -2.34. The van der Waals surface area contributed by atoms with Crippen LogP contribution in [0.25, 0.3) is 22.3 Å². The fraction of sp³-hybridized carbons (Fsp3) is 0.500. The zero-order valence-corrected chi connectivity index (χ0v) is 25.1. The molecular weight excluding hydrogens is 432 g/mol. The number of hydrogen-bond donors (Lipinski definition) is 0. The predicted molar refractivity (Wildman–Crippen MR) is 162 cm³/mol. The van der Waals surface area contributed by atoms with E-state index in [1.807, 2.05) is 0 Å². The van der Waals surface area contributed by atoms with Crippen LogP contribution in [0.5, 0.6) is 0 Å². The van der Waals surface area contributed by atoms with Gasteiger partial charge in [0.15, 0.2) is 0 Å². The van der Waals surface area contributed by atoms with Gasteiger partial charge in [-0.2, -0.15) is 0 Å². The Kier molecular flexibility index (Phi) is 8.92. The fourth-order valence-electron chi connectivity index (χ4n) is 6.39.